The summed E-state index contributed by atoms with van der Waals surface area (Å²) >= 11 is 2.19. The normalized spacial score (nSPS) is 10.6. The van der Waals surface area contributed by atoms with Gasteiger partial charge in [-0.15, -0.1) is 0 Å². The quantitative estimate of drug-likeness (QED) is 0.389. The summed E-state index contributed by atoms with van der Waals surface area (Å²) in [4.78, 5) is 11.1. The molecule has 0 aromatic heterocycles. The van der Waals surface area contributed by atoms with E-state index in [-0.39, 0.29) is 5.97 Å². The molecule has 1 aromatic carbocycles. The van der Waals surface area contributed by atoms with Crippen LogP contribution in [0.2, 0.25) is 0 Å². The van der Waals surface area contributed by atoms with Gasteiger partial charge >= 0.3 is 5.97 Å². The standard InChI is InChI=1S/C15H19IO3/c1-2-18-15(17)9-5-6-12-19-14-8-4-3-7-13(14)10-11-16/h3-4,7-8,10-11H,2,5-6,9,12H2,1H3/b11-10+. The molecule has 0 N–H and O–H groups in total. The predicted octanol–water partition coefficient (Wildman–Crippen LogP) is 4.20. The van der Waals surface area contributed by atoms with Crippen LogP contribution in [-0.4, -0.2) is 19.2 Å². The van der Waals surface area contributed by atoms with Gasteiger partial charge in [-0.3, -0.25) is 4.79 Å². The number of unbranched alkanes of at least 4 members (excludes halogenated alkanes) is 1. The number of hydrogen-bond acceptors (Lipinski definition) is 3. The molecule has 104 valence electrons. The zero-order valence-corrected chi connectivity index (χ0v) is 13.3. The molecule has 0 saturated heterocycles. The third-order valence-electron chi connectivity index (χ3n) is 2.50. The lowest BCUT2D eigenvalue weighted by Gasteiger charge is -2.08. The summed E-state index contributed by atoms with van der Waals surface area (Å²) in [5.74, 6) is 0.752. The van der Waals surface area contributed by atoms with E-state index in [4.69, 9.17) is 9.47 Å². The fourth-order valence-corrected chi connectivity index (χ4v) is 1.99. The molecule has 0 amide bonds. The third kappa shape index (κ3) is 6.61. The van der Waals surface area contributed by atoms with Crippen LogP contribution in [0.25, 0.3) is 6.08 Å². The molecule has 0 fully saturated rings. The summed E-state index contributed by atoms with van der Waals surface area (Å²) in [6.45, 7) is 2.88. The molecule has 0 aliphatic carbocycles. The molecule has 19 heavy (non-hydrogen) atoms. The van der Waals surface area contributed by atoms with E-state index in [1.807, 2.05) is 41.3 Å². The van der Waals surface area contributed by atoms with Crippen LogP contribution < -0.4 is 4.74 Å². The fraction of sp³-hybridized carbons (Fsp3) is 0.400. The maximum atomic E-state index is 11.1. The molecule has 0 spiro atoms. The Morgan fingerprint density at radius 2 is 2.11 bits per heavy atom. The Hall–Kier alpha value is -1.04. The number of hydrogen-bond donors (Lipinski definition) is 0. The average molecular weight is 374 g/mol. The lowest BCUT2D eigenvalue weighted by molar-refractivity contribution is -0.143. The van der Waals surface area contributed by atoms with Crippen molar-refractivity contribution in [3.05, 3.63) is 33.9 Å². The monoisotopic (exact) mass is 374 g/mol. The van der Waals surface area contributed by atoms with Crippen LogP contribution in [0.4, 0.5) is 0 Å². The highest BCUT2D eigenvalue weighted by Gasteiger charge is 2.02. The highest BCUT2D eigenvalue weighted by Crippen LogP contribution is 2.20. The van der Waals surface area contributed by atoms with Crippen molar-refractivity contribution in [3.8, 4) is 5.75 Å². The van der Waals surface area contributed by atoms with E-state index in [9.17, 15) is 4.79 Å². The Morgan fingerprint density at radius 1 is 1.32 bits per heavy atom. The first kappa shape index (κ1) is 16.0. The zero-order chi connectivity index (χ0) is 13.9. The van der Waals surface area contributed by atoms with Gasteiger partial charge in [-0.1, -0.05) is 40.8 Å². The topological polar surface area (TPSA) is 35.5 Å². The van der Waals surface area contributed by atoms with Crippen LogP contribution in [0.15, 0.2) is 28.3 Å². The maximum absolute atomic E-state index is 11.1. The molecule has 0 aliphatic heterocycles. The van der Waals surface area contributed by atoms with E-state index < -0.39 is 0 Å². The zero-order valence-electron chi connectivity index (χ0n) is 11.1. The van der Waals surface area contributed by atoms with E-state index in [0.717, 1.165) is 24.2 Å². The van der Waals surface area contributed by atoms with Gasteiger partial charge in [0.05, 0.1) is 13.2 Å². The minimum absolute atomic E-state index is 0.129. The lowest BCUT2D eigenvalue weighted by Crippen LogP contribution is -2.05. The van der Waals surface area contributed by atoms with Crippen molar-refractivity contribution < 1.29 is 14.3 Å². The highest BCUT2D eigenvalue weighted by molar-refractivity contribution is 14.1. The largest absolute Gasteiger partial charge is 0.493 e. The molecular formula is C15H19IO3. The second kappa shape index (κ2) is 9.83. The minimum atomic E-state index is -0.129. The molecule has 1 rings (SSSR count). The molecule has 0 unspecified atom stereocenters. The molecule has 1 aromatic rings. The second-order valence-corrected chi connectivity index (χ2v) is 4.66. The number of benzene rings is 1. The SMILES string of the molecule is CCOC(=O)CCCCOc1ccccc1/C=C/I. The van der Waals surface area contributed by atoms with E-state index in [1.54, 1.807) is 0 Å². The molecular weight excluding hydrogens is 355 g/mol. The number of carbonyl (C=O) groups excluding carboxylic acids is 1. The van der Waals surface area contributed by atoms with Gasteiger partial charge in [0, 0.05) is 12.0 Å². The van der Waals surface area contributed by atoms with Crippen molar-refractivity contribution in [2.45, 2.75) is 26.2 Å². The summed E-state index contributed by atoms with van der Waals surface area (Å²) in [6, 6.07) is 7.92. The smallest absolute Gasteiger partial charge is 0.305 e. The predicted molar refractivity (Wildman–Crippen MR) is 85.5 cm³/mol. The van der Waals surface area contributed by atoms with Crippen molar-refractivity contribution in [1.82, 2.24) is 0 Å². The summed E-state index contributed by atoms with van der Waals surface area (Å²) in [7, 11) is 0. The first-order valence-corrected chi connectivity index (χ1v) is 7.66. The molecule has 3 nitrogen and oxygen atoms in total. The Morgan fingerprint density at radius 3 is 2.84 bits per heavy atom. The molecule has 0 heterocycles. The van der Waals surface area contributed by atoms with Crippen molar-refractivity contribution in [3.63, 3.8) is 0 Å². The minimum Gasteiger partial charge on any atom is -0.493 e. The van der Waals surface area contributed by atoms with Gasteiger partial charge in [-0.05, 0) is 36.0 Å². The van der Waals surface area contributed by atoms with Gasteiger partial charge in [0.15, 0.2) is 0 Å². The highest BCUT2D eigenvalue weighted by atomic mass is 127. The van der Waals surface area contributed by atoms with Crippen LogP contribution >= 0.6 is 22.6 Å². The molecule has 0 bridgehead atoms. The van der Waals surface area contributed by atoms with Crippen LogP contribution in [0, 0.1) is 0 Å². The number of carbonyl (C=O) groups is 1. The molecule has 0 atom stereocenters. The third-order valence-corrected chi connectivity index (χ3v) is 2.86. The summed E-state index contributed by atoms with van der Waals surface area (Å²) in [6.07, 6.45) is 4.12. The van der Waals surface area contributed by atoms with E-state index >= 15 is 0 Å². The van der Waals surface area contributed by atoms with Crippen LogP contribution in [0.5, 0.6) is 5.75 Å². The molecule has 4 heteroatoms. The van der Waals surface area contributed by atoms with Crippen molar-refractivity contribution in [2.75, 3.05) is 13.2 Å². The summed E-state index contributed by atoms with van der Waals surface area (Å²) < 4.78 is 12.6. The van der Waals surface area contributed by atoms with Gasteiger partial charge in [0.1, 0.15) is 5.75 Å². The number of rotatable bonds is 8. The van der Waals surface area contributed by atoms with Crippen molar-refractivity contribution >= 4 is 34.6 Å². The summed E-state index contributed by atoms with van der Waals surface area (Å²) in [5.41, 5.74) is 1.07. The van der Waals surface area contributed by atoms with Crippen molar-refractivity contribution in [2.24, 2.45) is 0 Å². The Bertz CT molecular complexity index is 416. The van der Waals surface area contributed by atoms with Crippen LogP contribution in [0.1, 0.15) is 31.7 Å². The second-order valence-electron chi connectivity index (χ2n) is 3.94. The summed E-state index contributed by atoms with van der Waals surface area (Å²) in [5, 5.41) is 0. The van der Waals surface area contributed by atoms with Gasteiger partial charge in [0.2, 0.25) is 0 Å². The van der Waals surface area contributed by atoms with Crippen LogP contribution in [-0.2, 0) is 9.53 Å². The van der Waals surface area contributed by atoms with Gasteiger partial charge in [0.25, 0.3) is 0 Å². The van der Waals surface area contributed by atoms with Crippen LogP contribution in [0.3, 0.4) is 0 Å². The van der Waals surface area contributed by atoms with E-state index in [1.165, 1.54) is 0 Å². The number of halogens is 1. The molecule has 0 saturated carbocycles. The van der Waals surface area contributed by atoms with Gasteiger partial charge in [-0.2, -0.15) is 0 Å². The fourth-order valence-electron chi connectivity index (χ4n) is 1.60. The van der Waals surface area contributed by atoms with E-state index in [2.05, 4.69) is 22.6 Å². The van der Waals surface area contributed by atoms with Gasteiger partial charge in [-0.25, -0.2) is 0 Å². The lowest BCUT2D eigenvalue weighted by atomic mass is 10.2. The van der Waals surface area contributed by atoms with Gasteiger partial charge < -0.3 is 9.47 Å². The molecule has 0 radical (unpaired) electrons. The molecule has 0 aliphatic rings. The number of para-hydroxylation sites is 1. The first-order chi connectivity index (χ1) is 9.27. The number of ether oxygens (including phenoxy) is 2. The Balaban J connectivity index is 2.28. The number of esters is 1. The Kier molecular flexibility index (Phi) is 8.29. The maximum Gasteiger partial charge on any atom is 0.305 e. The average Bonchev–Trinajstić information content (AvgIpc) is 2.41. The van der Waals surface area contributed by atoms with E-state index in [0.29, 0.717) is 19.6 Å². The Labute approximate surface area is 128 Å². The first-order valence-electron chi connectivity index (χ1n) is 6.42. The van der Waals surface area contributed by atoms with Crippen molar-refractivity contribution in [1.29, 1.82) is 0 Å².